The minimum absolute atomic E-state index is 0.106. The number of hydrogen-bond acceptors (Lipinski definition) is 5. The van der Waals surface area contributed by atoms with Crippen molar-refractivity contribution in [3.63, 3.8) is 0 Å². The van der Waals surface area contributed by atoms with Gasteiger partial charge in [0.1, 0.15) is 11.6 Å². The predicted molar refractivity (Wildman–Crippen MR) is 129 cm³/mol. The van der Waals surface area contributed by atoms with Gasteiger partial charge in [-0.25, -0.2) is 4.39 Å². The predicted octanol–water partition coefficient (Wildman–Crippen LogP) is 5.37. The Kier molecular flexibility index (Phi) is 7.37. The first kappa shape index (κ1) is 24.0. The Hall–Kier alpha value is -3.12. The highest BCUT2D eigenvalue weighted by atomic mass is 19.1. The highest BCUT2D eigenvalue weighted by molar-refractivity contribution is 5.97. The third-order valence-corrected chi connectivity index (χ3v) is 6.43. The van der Waals surface area contributed by atoms with Crippen molar-refractivity contribution in [2.75, 3.05) is 6.61 Å². The maximum Gasteiger partial charge on any atom is 0.311 e. The molecule has 2 aromatic carbocycles. The van der Waals surface area contributed by atoms with Crippen molar-refractivity contribution in [3.05, 3.63) is 65.6 Å². The van der Waals surface area contributed by atoms with Crippen LogP contribution < -0.4 is 0 Å². The van der Waals surface area contributed by atoms with Crippen LogP contribution in [0.15, 0.2) is 48.5 Å². The summed E-state index contributed by atoms with van der Waals surface area (Å²) in [6.45, 7) is 3.63. The molecule has 1 heterocycles. The van der Waals surface area contributed by atoms with E-state index >= 15 is 0 Å². The molecule has 1 aliphatic rings. The van der Waals surface area contributed by atoms with Gasteiger partial charge in [-0.1, -0.05) is 37.3 Å². The first-order valence-corrected chi connectivity index (χ1v) is 12.0. The number of hydrogen-bond donors (Lipinski definition) is 1. The van der Waals surface area contributed by atoms with Gasteiger partial charge in [0, 0.05) is 29.8 Å². The van der Waals surface area contributed by atoms with E-state index in [-0.39, 0.29) is 43.4 Å². The number of pyridine rings is 1. The number of carbonyl (C=O) groups is 2. The molecule has 6 heteroatoms. The minimum atomic E-state index is -1.16. The van der Waals surface area contributed by atoms with Gasteiger partial charge in [0.05, 0.1) is 24.1 Å². The second kappa shape index (κ2) is 10.4. The zero-order chi connectivity index (χ0) is 24.2. The van der Waals surface area contributed by atoms with E-state index in [0.29, 0.717) is 0 Å². The molecule has 1 aromatic heterocycles. The second-order valence-corrected chi connectivity index (χ2v) is 8.88. The topological polar surface area (TPSA) is 76.5 Å². The van der Waals surface area contributed by atoms with Crippen LogP contribution in [0.2, 0.25) is 0 Å². The van der Waals surface area contributed by atoms with Crippen molar-refractivity contribution in [1.82, 2.24) is 4.98 Å². The molecule has 2 atom stereocenters. The number of carbonyl (C=O) groups excluding carboxylic acids is 2. The zero-order valence-corrected chi connectivity index (χ0v) is 19.6. The molecule has 0 aliphatic heterocycles. The van der Waals surface area contributed by atoms with Crippen LogP contribution in [-0.2, 0) is 20.7 Å². The Morgan fingerprint density at radius 2 is 1.82 bits per heavy atom. The summed E-state index contributed by atoms with van der Waals surface area (Å²) in [4.78, 5) is 30.0. The van der Waals surface area contributed by atoms with E-state index in [4.69, 9.17) is 9.72 Å². The number of Topliss-reactive ketones (excluding diaryl/α,β-unsaturated/α-hetero) is 1. The quantitative estimate of drug-likeness (QED) is 0.409. The third-order valence-electron chi connectivity index (χ3n) is 6.43. The van der Waals surface area contributed by atoms with Gasteiger partial charge in [0.25, 0.3) is 0 Å². The maximum atomic E-state index is 13.8. The molecule has 0 amide bonds. The summed E-state index contributed by atoms with van der Waals surface area (Å²) >= 11 is 0. The molecule has 4 rings (SSSR count). The monoisotopic (exact) mass is 463 g/mol. The van der Waals surface area contributed by atoms with Crippen LogP contribution in [0.1, 0.15) is 56.7 Å². The number of ketones is 1. The fourth-order valence-electron chi connectivity index (χ4n) is 4.48. The molecular weight excluding hydrogens is 433 g/mol. The highest BCUT2D eigenvalue weighted by Crippen LogP contribution is 2.45. The highest BCUT2D eigenvalue weighted by Gasteiger charge is 2.35. The van der Waals surface area contributed by atoms with E-state index in [1.807, 2.05) is 24.3 Å². The van der Waals surface area contributed by atoms with E-state index in [0.717, 1.165) is 46.1 Å². The van der Waals surface area contributed by atoms with E-state index in [1.54, 1.807) is 26.0 Å². The fraction of sp³-hybridized carbons (Fsp3) is 0.393. The number of ether oxygens (including phenoxy) is 1. The normalized spacial score (nSPS) is 15.2. The summed E-state index contributed by atoms with van der Waals surface area (Å²) in [6, 6.07) is 14.1. The van der Waals surface area contributed by atoms with Crippen molar-refractivity contribution < 1.29 is 23.8 Å². The summed E-state index contributed by atoms with van der Waals surface area (Å²) in [6.07, 6.45) is 1.22. The van der Waals surface area contributed by atoms with Gasteiger partial charge in [-0.2, -0.15) is 0 Å². The van der Waals surface area contributed by atoms with E-state index in [9.17, 15) is 19.1 Å². The Morgan fingerprint density at radius 3 is 2.47 bits per heavy atom. The summed E-state index contributed by atoms with van der Waals surface area (Å²) in [7, 11) is 0. The summed E-state index contributed by atoms with van der Waals surface area (Å²) in [5.74, 6) is -1.60. The van der Waals surface area contributed by atoms with Crippen LogP contribution in [0, 0.1) is 11.7 Å². The number of aliphatic hydroxyl groups is 1. The fourth-order valence-corrected chi connectivity index (χ4v) is 4.48. The van der Waals surface area contributed by atoms with Crippen LogP contribution in [0.3, 0.4) is 0 Å². The van der Waals surface area contributed by atoms with E-state index in [1.165, 1.54) is 12.1 Å². The third kappa shape index (κ3) is 5.17. The van der Waals surface area contributed by atoms with Crippen LogP contribution in [0.25, 0.3) is 22.0 Å². The van der Waals surface area contributed by atoms with Crippen molar-refractivity contribution in [2.24, 2.45) is 5.92 Å². The summed E-state index contributed by atoms with van der Waals surface area (Å²) in [5, 5.41) is 11.8. The van der Waals surface area contributed by atoms with Crippen LogP contribution in [-0.4, -0.2) is 34.6 Å². The lowest BCUT2D eigenvalue weighted by Gasteiger charge is -2.24. The van der Waals surface area contributed by atoms with Crippen molar-refractivity contribution >= 4 is 22.7 Å². The molecule has 0 bridgehead atoms. The Bertz CT molecular complexity index is 1190. The Labute approximate surface area is 199 Å². The lowest BCUT2D eigenvalue weighted by atomic mass is 9.84. The SMILES string of the molecule is CCOC(=O)C(Cc1c(C2CC2)nc2ccccc2c1-c1ccc(F)cc1)[C@@H](O)CC(=O)CC. The van der Waals surface area contributed by atoms with Gasteiger partial charge in [0.2, 0.25) is 0 Å². The number of aliphatic hydroxyl groups excluding tert-OH is 1. The van der Waals surface area contributed by atoms with Gasteiger partial charge < -0.3 is 9.84 Å². The number of esters is 1. The second-order valence-electron chi connectivity index (χ2n) is 8.88. The van der Waals surface area contributed by atoms with Gasteiger partial charge in [-0.3, -0.25) is 14.6 Å². The average Bonchev–Trinajstić information content (AvgIpc) is 3.67. The lowest BCUT2D eigenvalue weighted by molar-refractivity contribution is -0.152. The van der Waals surface area contributed by atoms with Gasteiger partial charge in [-0.05, 0) is 61.1 Å². The number of rotatable bonds is 10. The zero-order valence-electron chi connectivity index (χ0n) is 19.6. The number of nitrogens with zero attached hydrogens (tertiary/aromatic N) is 1. The number of aromatic nitrogens is 1. The lowest BCUT2D eigenvalue weighted by Crippen LogP contribution is -2.34. The molecular formula is C28H30FNO4. The van der Waals surface area contributed by atoms with Gasteiger partial charge in [0.15, 0.2) is 0 Å². The number of halogens is 1. The van der Waals surface area contributed by atoms with Crippen molar-refractivity contribution in [3.8, 4) is 11.1 Å². The largest absolute Gasteiger partial charge is 0.466 e. The molecule has 1 unspecified atom stereocenters. The van der Waals surface area contributed by atoms with Crippen LogP contribution in [0.5, 0.6) is 0 Å². The molecule has 5 nitrogen and oxygen atoms in total. The summed E-state index contributed by atoms with van der Waals surface area (Å²) in [5.41, 5.74) is 4.30. The average molecular weight is 464 g/mol. The molecule has 0 spiro atoms. The molecule has 0 radical (unpaired) electrons. The van der Waals surface area contributed by atoms with Crippen molar-refractivity contribution in [2.45, 2.75) is 58.0 Å². The maximum absolute atomic E-state index is 13.8. The van der Waals surface area contributed by atoms with Crippen LogP contribution in [0.4, 0.5) is 4.39 Å². The van der Waals surface area contributed by atoms with Crippen LogP contribution >= 0.6 is 0 Å². The van der Waals surface area contributed by atoms with Gasteiger partial charge >= 0.3 is 5.97 Å². The molecule has 1 N–H and O–H groups in total. The Morgan fingerprint density at radius 1 is 1.12 bits per heavy atom. The smallest absolute Gasteiger partial charge is 0.311 e. The first-order valence-electron chi connectivity index (χ1n) is 12.0. The van der Waals surface area contributed by atoms with Gasteiger partial charge in [-0.15, -0.1) is 0 Å². The number of benzene rings is 2. The molecule has 178 valence electrons. The molecule has 1 fully saturated rings. The first-order chi connectivity index (χ1) is 16.4. The molecule has 1 aliphatic carbocycles. The Balaban J connectivity index is 1.89. The standard InChI is InChI=1S/C28H30FNO4/c1-3-20(31)15-25(32)22(28(33)34-4-2)16-23-26(17-11-13-19(29)14-12-17)21-7-5-6-8-24(21)30-27(23)18-9-10-18/h5-8,11-14,18,22,25,32H,3-4,9-10,15-16H2,1-2H3/t22?,25-/m0/s1. The molecule has 3 aromatic rings. The molecule has 34 heavy (non-hydrogen) atoms. The minimum Gasteiger partial charge on any atom is -0.466 e. The van der Waals surface area contributed by atoms with Crippen molar-refractivity contribution in [1.29, 1.82) is 0 Å². The van der Waals surface area contributed by atoms with E-state index < -0.39 is 18.0 Å². The number of para-hydroxylation sites is 1. The summed E-state index contributed by atoms with van der Waals surface area (Å²) < 4.78 is 19.1. The number of fused-ring (bicyclic) bond motifs is 1. The molecule has 1 saturated carbocycles. The van der Waals surface area contributed by atoms with E-state index in [2.05, 4.69) is 0 Å². The molecule has 0 saturated heterocycles.